The molecule has 4 aromatic rings. The molecule has 0 saturated heterocycles. The molecule has 134 valence electrons. The fraction of sp³-hybridized carbons (Fsp3) is 0. The summed E-state index contributed by atoms with van der Waals surface area (Å²) in [7, 11) is 0. The summed E-state index contributed by atoms with van der Waals surface area (Å²) in [6.07, 6.45) is 0. The SMILES string of the molecule is Clc1ccc(-c2csc(=Nc3cc(Cl)ccc3Cl)n2-c2ccccc2)cc1. The highest BCUT2D eigenvalue weighted by Gasteiger charge is 2.11. The minimum absolute atomic E-state index is 0.556. The van der Waals surface area contributed by atoms with Crippen molar-refractivity contribution < 1.29 is 0 Å². The fourth-order valence-electron chi connectivity index (χ4n) is 2.71. The molecule has 0 aliphatic carbocycles. The Balaban J connectivity index is 1.97. The standard InChI is InChI=1S/C21H13Cl3N2S/c22-15-8-6-14(7-9-15)20-13-27-21(26(20)17-4-2-1-3-5-17)25-19-12-16(23)10-11-18(19)24/h1-13H. The Labute approximate surface area is 175 Å². The van der Waals surface area contributed by atoms with Crippen LogP contribution in [0.4, 0.5) is 5.69 Å². The lowest BCUT2D eigenvalue weighted by Crippen LogP contribution is -2.13. The zero-order valence-electron chi connectivity index (χ0n) is 13.9. The summed E-state index contributed by atoms with van der Waals surface area (Å²) < 4.78 is 2.10. The lowest BCUT2D eigenvalue weighted by atomic mass is 10.1. The molecule has 0 aliphatic rings. The molecule has 3 aromatic carbocycles. The highest BCUT2D eigenvalue weighted by molar-refractivity contribution is 7.07. The number of rotatable bonds is 3. The van der Waals surface area contributed by atoms with Crippen molar-refractivity contribution in [1.29, 1.82) is 0 Å². The van der Waals surface area contributed by atoms with Crippen LogP contribution >= 0.6 is 46.1 Å². The molecular weight excluding hydrogens is 419 g/mol. The second-order valence-corrected chi connectivity index (χ2v) is 7.91. The highest BCUT2D eigenvalue weighted by atomic mass is 35.5. The predicted molar refractivity (Wildman–Crippen MR) is 116 cm³/mol. The van der Waals surface area contributed by atoms with Gasteiger partial charge in [0.05, 0.1) is 16.4 Å². The van der Waals surface area contributed by atoms with Gasteiger partial charge in [0, 0.05) is 21.1 Å². The Hall–Kier alpha value is -2.04. The number of thiazole rings is 1. The number of halogens is 3. The number of aromatic nitrogens is 1. The second kappa shape index (κ2) is 7.91. The van der Waals surface area contributed by atoms with Crippen LogP contribution < -0.4 is 4.80 Å². The van der Waals surface area contributed by atoms with Crippen LogP contribution in [0.25, 0.3) is 16.9 Å². The molecule has 0 bridgehead atoms. The van der Waals surface area contributed by atoms with Gasteiger partial charge in [0.1, 0.15) is 0 Å². The minimum Gasteiger partial charge on any atom is -0.285 e. The van der Waals surface area contributed by atoms with Crippen LogP contribution in [-0.4, -0.2) is 4.57 Å². The normalized spacial score (nSPS) is 11.7. The molecule has 0 atom stereocenters. The highest BCUT2D eigenvalue weighted by Crippen LogP contribution is 2.29. The predicted octanol–water partition coefficient (Wildman–Crippen LogP) is 7.40. The summed E-state index contributed by atoms with van der Waals surface area (Å²) in [5.74, 6) is 0. The summed E-state index contributed by atoms with van der Waals surface area (Å²) in [5.41, 5.74) is 3.73. The average molecular weight is 432 g/mol. The lowest BCUT2D eigenvalue weighted by molar-refractivity contribution is 1.01. The van der Waals surface area contributed by atoms with Gasteiger partial charge in [-0.05, 0) is 48.0 Å². The van der Waals surface area contributed by atoms with Crippen LogP contribution in [0.15, 0.2) is 83.2 Å². The Bertz CT molecular complexity index is 1150. The van der Waals surface area contributed by atoms with Crippen molar-refractivity contribution in [3.8, 4) is 16.9 Å². The van der Waals surface area contributed by atoms with Crippen molar-refractivity contribution in [2.45, 2.75) is 0 Å². The molecule has 0 saturated carbocycles. The van der Waals surface area contributed by atoms with E-state index in [9.17, 15) is 0 Å². The van der Waals surface area contributed by atoms with Gasteiger partial charge in [-0.25, -0.2) is 4.99 Å². The van der Waals surface area contributed by atoms with E-state index in [4.69, 9.17) is 39.8 Å². The zero-order valence-corrected chi connectivity index (χ0v) is 17.0. The van der Waals surface area contributed by atoms with Crippen LogP contribution in [0.3, 0.4) is 0 Å². The third-order valence-corrected chi connectivity index (χ3v) is 5.62. The molecule has 6 heteroatoms. The molecule has 0 aliphatic heterocycles. The molecule has 0 amide bonds. The van der Waals surface area contributed by atoms with Gasteiger partial charge in [-0.3, -0.25) is 4.57 Å². The van der Waals surface area contributed by atoms with Crippen molar-refractivity contribution in [2.24, 2.45) is 4.99 Å². The Morgan fingerprint density at radius 1 is 0.778 bits per heavy atom. The minimum atomic E-state index is 0.556. The maximum atomic E-state index is 6.31. The first-order valence-corrected chi connectivity index (χ1v) is 10.1. The van der Waals surface area contributed by atoms with Crippen molar-refractivity contribution in [3.05, 3.63) is 98.0 Å². The number of hydrogen-bond donors (Lipinski definition) is 0. The molecule has 2 nitrogen and oxygen atoms in total. The Morgan fingerprint density at radius 3 is 2.22 bits per heavy atom. The van der Waals surface area contributed by atoms with E-state index in [2.05, 4.69) is 9.95 Å². The summed E-state index contributed by atoms with van der Waals surface area (Å²) in [6.45, 7) is 0. The quantitative estimate of drug-likeness (QED) is 0.321. The topological polar surface area (TPSA) is 17.3 Å². The lowest BCUT2D eigenvalue weighted by Gasteiger charge is -2.09. The van der Waals surface area contributed by atoms with Crippen molar-refractivity contribution in [3.63, 3.8) is 0 Å². The van der Waals surface area contributed by atoms with E-state index in [-0.39, 0.29) is 0 Å². The first-order chi connectivity index (χ1) is 13.1. The molecule has 27 heavy (non-hydrogen) atoms. The van der Waals surface area contributed by atoms with Gasteiger partial charge < -0.3 is 0 Å². The van der Waals surface area contributed by atoms with Crippen molar-refractivity contribution in [1.82, 2.24) is 4.57 Å². The molecule has 0 radical (unpaired) electrons. The number of benzene rings is 3. The molecule has 0 fully saturated rings. The van der Waals surface area contributed by atoms with E-state index in [0.29, 0.717) is 20.8 Å². The first kappa shape index (κ1) is 18.3. The van der Waals surface area contributed by atoms with E-state index in [1.165, 1.54) is 0 Å². The van der Waals surface area contributed by atoms with E-state index in [1.807, 2.05) is 54.6 Å². The molecular formula is C21H13Cl3N2S. The average Bonchev–Trinajstić information content (AvgIpc) is 3.09. The van der Waals surface area contributed by atoms with Gasteiger partial charge >= 0.3 is 0 Å². The molecule has 0 spiro atoms. The van der Waals surface area contributed by atoms with Crippen LogP contribution in [0.5, 0.6) is 0 Å². The molecule has 1 aromatic heterocycles. The Morgan fingerprint density at radius 2 is 1.48 bits per heavy atom. The third-order valence-electron chi connectivity index (χ3n) is 3.99. The fourth-order valence-corrected chi connectivity index (χ4v) is 4.08. The largest absolute Gasteiger partial charge is 0.285 e. The van der Waals surface area contributed by atoms with Crippen LogP contribution in [0.1, 0.15) is 0 Å². The first-order valence-electron chi connectivity index (χ1n) is 8.13. The summed E-state index contributed by atoms with van der Waals surface area (Å²) in [6, 6.07) is 23.1. The van der Waals surface area contributed by atoms with Gasteiger partial charge in [0.25, 0.3) is 0 Å². The van der Waals surface area contributed by atoms with Crippen molar-refractivity contribution in [2.75, 3.05) is 0 Å². The van der Waals surface area contributed by atoms with Gasteiger partial charge in [0.2, 0.25) is 0 Å². The Kier molecular flexibility index (Phi) is 5.37. The molecule has 0 unspecified atom stereocenters. The second-order valence-electron chi connectivity index (χ2n) is 5.79. The van der Waals surface area contributed by atoms with Crippen LogP contribution in [0, 0.1) is 0 Å². The summed E-state index contributed by atoms with van der Waals surface area (Å²) >= 11 is 20.0. The maximum absolute atomic E-state index is 6.31. The number of nitrogens with zero attached hydrogens (tertiary/aromatic N) is 2. The van der Waals surface area contributed by atoms with E-state index in [0.717, 1.165) is 21.7 Å². The summed E-state index contributed by atoms with van der Waals surface area (Å²) in [5, 5.41) is 3.93. The zero-order chi connectivity index (χ0) is 18.8. The van der Waals surface area contributed by atoms with E-state index >= 15 is 0 Å². The maximum Gasteiger partial charge on any atom is 0.195 e. The molecule has 0 N–H and O–H groups in total. The van der Waals surface area contributed by atoms with Crippen LogP contribution in [0.2, 0.25) is 15.1 Å². The summed E-state index contributed by atoms with van der Waals surface area (Å²) in [4.78, 5) is 5.58. The smallest absolute Gasteiger partial charge is 0.195 e. The molecule has 4 rings (SSSR count). The number of para-hydroxylation sites is 1. The van der Waals surface area contributed by atoms with E-state index < -0.39 is 0 Å². The van der Waals surface area contributed by atoms with Gasteiger partial charge in [-0.1, -0.05) is 65.1 Å². The van der Waals surface area contributed by atoms with Gasteiger partial charge in [-0.2, -0.15) is 0 Å². The van der Waals surface area contributed by atoms with Crippen LogP contribution in [-0.2, 0) is 0 Å². The third kappa shape index (κ3) is 3.97. The van der Waals surface area contributed by atoms with Crippen molar-refractivity contribution >= 4 is 51.8 Å². The molecule has 1 heterocycles. The number of hydrogen-bond acceptors (Lipinski definition) is 2. The van der Waals surface area contributed by atoms with Gasteiger partial charge in [0.15, 0.2) is 4.80 Å². The monoisotopic (exact) mass is 430 g/mol. The van der Waals surface area contributed by atoms with E-state index in [1.54, 1.807) is 29.5 Å². The van der Waals surface area contributed by atoms with Gasteiger partial charge in [-0.15, -0.1) is 11.3 Å².